The third kappa shape index (κ3) is 5.56. The van der Waals surface area contributed by atoms with Gasteiger partial charge in [0.05, 0.1) is 6.04 Å². The first kappa shape index (κ1) is 24.1. The van der Waals surface area contributed by atoms with Crippen molar-refractivity contribution in [3.63, 3.8) is 0 Å². The maximum atomic E-state index is 12.9. The number of halogens is 2. The summed E-state index contributed by atoms with van der Waals surface area (Å²) >= 11 is 0. The van der Waals surface area contributed by atoms with Crippen LogP contribution in [-0.4, -0.2) is 72.2 Å². The lowest BCUT2D eigenvalue weighted by atomic mass is 9.77. The lowest BCUT2D eigenvalue weighted by Gasteiger charge is -2.33. The number of hydrogen-bond acceptors (Lipinski definition) is 6. The molecule has 1 N–H and O–H groups in total. The molecule has 2 saturated heterocycles. The second-order valence-corrected chi connectivity index (χ2v) is 8.10. The number of carbonyl (C=O) groups excluding carboxylic acids is 1. The number of nitrogens with one attached hydrogen (secondary N) is 1. The molecular formula is C18H33Cl2N5O2. The van der Waals surface area contributed by atoms with Gasteiger partial charge in [-0.3, -0.25) is 9.69 Å². The quantitative estimate of drug-likeness (QED) is 0.784. The van der Waals surface area contributed by atoms with E-state index in [0.717, 1.165) is 26.1 Å². The van der Waals surface area contributed by atoms with Gasteiger partial charge < -0.3 is 14.7 Å². The minimum atomic E-state index is -0.000377. The number of rotatable bonds is 5. The summed E-state index contributed by atoms with van der Waals surface area (Å²) in [6.07, 6.45) is 3.95. The van der Waals surface area contributed by atoms with Gasteiger partial charge >= 0.3 is 0 Å². The maximum absolute atomic E-state index is 12.9. The monoisotopic (exact) mass is 421 g/mol. The van der Waals surface area contributed by atoms with Crippen molar-refractivity contribution in [1.82, 2.24) is 25.3 Å². The lowest BCUT2D eigenvalue weighted by Crippen LogP contribution is -2.43. The molecule has 2 aliphatic heterocycles. The molecule has 1 spiro atoms. The van der Waals surface area contributed by atoms with Crippen LogP contribution in [0.3, 0.4) is 0 Å². The Morgan fingerprint density at radius 2 is 2.04 bits per heavy atom. The van der Waals surface area contributed by atoms with Crippen LogP contribution in [0.5, 0.6) is 0 Å². The Morgan fingerprint density at radius 1 is 1.37 bits per heavy atom. The Morgan fingerprint density at radius 3 is 2.63 bits per heavy atom. The van der Waals surface area contributed by atoms with Crippen molar-refractivity contribution in [3.8, 4) is 0 Å². The smallest absolute Gasteiger partial charge is 0.239 e. The molecule has 7 nitrogen and oxygen atoms in total. The average molecular weight is 422 g/mol. The summed E-state index contributed by atoms with van der Waals surface area (Å²) in [6, 6.07) is -0.000377. The van der Waals surface area contributed by atoms with E-state index in [1.54, 1.807) is 0 Å². The molecule has 0 saturated carbocycles. The predicted molar refractivity (Wildman–Crippen MR) is 110 cm³/mol. The Balaban J connectivity index is 0.00000182. The van der Waals surface area contributed by atoms with Gasteiger partial charge in [0.25, 0.3) is 0 Å². The van der Waals surface area contributed by atoms with E-state index in [1.165, 1.54) is 12.8 Å². The Bertz CT molecular complexity index is 604. The summed E-state index contributed by atoms with van der Waals surface area (Å²) in [5, 5.41) is 7.44. The van der Waals surface area contributed by atoms with Gasteiger partial charge in [0.1, 0.15) is 0 Å². The maximum Gasteiger partial charge on any atom is 0.239 e. The Labute approximate surface area is 174 Å². The van der Waals surface area contributed by atoms with Crippen molar-refractivity contribution in [2.75, 3.05) is 40.3 Å². The second kappa shape index (κ2) is 10.0. The summed E-state index contributed by atoms with van der Waals surface area (Å²) in [6.45, 7) is 7.84. The summed E-state index contributed by atoms with van der Waals surface area (Å²) in [5.74, 6) is 1.78. The van der Waals surface area contributed by atoms with Gasteiger partial charge in [0, 0.05) is 32.5 Å². The van der Waals surface area contributed by atoms with Crippen LogP contribution in [-0.2, 0) is 11.2 Å². The SMILES string of the molecule is CC(C)c1nc(CCN(C)C(=O)C2CC3(CCNCC3)CN2C)no1.Cl.Cl. The summed E-state index contributed by atoms with van der Waals surface area (Å²) in [7, 11) is 3.97. The number of carbonyl (C=O) groups is 1. The molecule has 1 amide bonds. The van der Waals surface area contributed by atoms with Crippen LogP contribution in [0.1, 0.15) is 50.7 Å². The highest BCUT2D eigenvalue weighted by molar-refractivity contribution is 5.85. The number of likely N-dealkylation sites (N-methyl/N-ethyl adjacent to an activating group) is 2. The van der Waals surface area contributed by atoms with Crippen molar-refractivity contribution in [2.24, 2.45) is 5.41 Å². The summed E-state index contributed by atoms with van der Waals surface area (Å²) < 4.78 is 5.23. The molecule has 0 bridgehead atoms. The molecule has 9 heteroatoms. The molecule has 3 heterocycles. The highest BCUT2D eigenvalue weighted by atomic mass is 35.5. The molecule has 1 aromatic rings. The normalized spacial score (nSPS) is 21.7. The summed E-state index contributed by atoms with van der Waals surface area (Å²) in [5.41, 5.74) is 0.320. The minimum Gasteiger partial charge on any atom is -0.344 e. The van der Waals surface area contributed by atoms with Crippen molar-refractivity contribution in [1.29, 1.82) is 0 Å². The van der Waals surface area contributed by atoms with Crippen molar-refractivity contribution in [2.45, 2.75) is 51.5 Å². The first-order chi connectivity index (χ1) is 11.9. The van der Waals surface area contributed by atoms with Crippen LogP contribution < -0.4 is 5.32 Å². The van der Waals surface area contributed by atoms with Crippen LogP contribution in [0.15, 0.2) is 4.52 Å². The van der Waals surface area contributed by atoms with E-state index in [0.29, 0.717) is 30.1 Å². The molecule has 2 aliphatic rings. The molecule has 1 atom stereocenters. The molecule has 156 valence electrons. The number of amides is 1. The van der Waals surface area contributed by atoms with Gasteiger partial charge in [-0.2, -0.15) is 4.98 Å². The highest BCUT2D eigenvalue weighted by Gasteiger charge is 2.46. The number of likely N-dealkylation sites (tertiary alicyclic amines) is 1. The zero-order valence-corrected chi connectivity index (χ0v) is 18.4. The first-order valence-electron chi connectivity index (χ1n) is 9.39. The van der Waals surface area contributed by atoms with Gasteiger partial charge in [-0.15, -0.1) is 24.8 Å². The first-order valence-corrected chi connectivity index (χ1v) is 9.39. The van der Waals surface area contributed by atoms with Crippen molar-refractivity contribution in [3.05, 3.63) is 11.7 Å². The molecule has 0 aliphatic carbocycles. The molecular weight excluding hydrogens is 389 g/mol. The highest BCUT2D eigenvalue weighted by Crippen LogP contribution is 2.41. The summed E-state index contributed by atoms with van der Waals surface area (Å²) in [4.78, 5) is 21.4. The largest absolute Gasteiger partial charge is 0.344 e. The second-order valence-electron chi connectivity index (χ2n) is 8.10. The molecule has 0 radical (unpaired) electrons. The number of hydrogen-bond donors (Lipinski definition) is 1. The molecule has 2 fully saturated rings. The third-order valence-corrected chi connectivity index (χ3v) is 5.72. The van der Waals surface area contributed by atoms with E-state index < -0.39 is 0 Å². The van der Waals surface area contributed by atoms with Crippen molar-refractivity contribution >= 4 is 30.7 Å². The third-order valence-electron chi connectivity index (χ3n) is 5.72. The molecule has 27 heavy (non-hydrogen) atoms. The average Bonchev–Trinajstić information content (AvgIpc) is 3.18. The van der Waals surface area contributed by atoms with E-state index in [9.17, 15) is 4.79 Å². The van der Waals surface area contributed by atoms with Gasteiger partial charge in [0.2, 0.25) is 11.8 Å². The fraction of sp³-hybridized carbons (Fsp3) is 0.833. The van der Waals surface area contributed by atoms with Gasteiger partial charge in [0.15, 0.2) is 5.82 Å². The number of nitrogens with zero attached hydrogens (tertiary/aromatic N) is 4. The minimum absolute atomic E-state index is 0. The molecule has 1 unspecified atom stereocenters. The Kier molecular flexibility index (Phi) is 8.99. The zero-order valence-electron chi connectivity index (χ0n) is 16.7. The van der Waals surface area contributed by atoms with Crippen LogP contribution in [0.25, 0.3) is 0 Å². The van der Waals surface area contributed by atoms with Gasteiger partial charge in [-0.25, -0.2) is 0 Å². The van der Waals surface area contributed by atoms with Crippen LogP contribution >= 0.6 is 24.8 Å². The molecule has 3 rings (SSSR count). The van der Waals surface area contributed by atoms with Gasteiger partial charge in [-0.05, 0) is 44.8 Å². The van der Waals surface area contributed by atoms with E-state index in [-0.39, 0.29) is 42.7 Å². The Hall–Kier alpha value is -0.890. The van der Waals surface area contributed by atoms with Gasteiger partial charge in [-0.1, -0.05) is 19.0 Å². The fourth-order valence-corrected chi connectivity index (χ4v) is 4.10. The predicted octanol–water partition coefficient (Wildman–Crippen LogP) is 2.11. The van der Waals surface area contributed by atoms with E-state index in [1.807, 2.05) is 25.8 Å². The standard InChI is InChI=1S/C18H31N5O2.2ClH/c1-13(2)16-20-15(21-25-16)5-10-22(3)17(24)14-11-18(12-23(14)4)6-8-19-9-7-18;;/h13-14,19H,5-12H2,1-4H3;2*1H. The van der Waals surface area contributed by atoms with E-state index in [2.05, 4.69) is 27.4 Å². The van der Waals surface area contributed by atoms with Crippen molar-refractivity contribution < 1.29 is 9.32 Å². The molecule has 1 aromatic heterocycles. The fourth-order valence-electron chi connectivity index (χ4n) is 4.10. The zero-order chi connectivity index (χ0) is 18.0. The molecule has 0 aromatic carbocycles. The topological polar surface area (TPSA) is 74.5 Å². The van der Waals surface area contributed by atoms with Crippen LogP contribution in [0.2, 0.25) is 0 Å². The number of piperidine rings is 1. The van der Waals surface area contributed by atoms with Crippen LogP contribution in [0, 0.1) is 5.41 Å². The van der Waals surface area contributed by atoms with E-state index >= 15 is 0 Å². The van der Waals surface area contributed by atoms with E-state index in [4.69, 9.17) is 4.52 Å². The van der Waals surface area contributed by atoms with Crippen LogP contribution in [0.4, 0.5) is 0 Å². The lowest BCUT2D eigenvalue weighted by molar-refractivity contribution is -0.134. The number of aromatic nitrogens is 2.